The first kappa shape index (κ1) is 12.3. The molecule has 0 amide bonds. The molecule has 4 nitrogen and oxygen atoms in total. The smallest absolute Gasteiger partial charge is 0.372 e. The van der Waals surface area contributed by atoms with Crippen LogP contribution in [0.1, 0.15) is 5.56 Å². The van der Waals surface area contributed by atoms with Crippen molar-refractivity contribution in [2.75, 3.05) is 7.11 Å². The summed E-state index contributed by atoms with van der Waals surface area (Å²) in [5.74, 6) is -2.15. The Hall–Kier alpha value is -1.68. The largest absolute Gasteiger partial charge is 0.475 e. The SMILES string of the molecule is CO.O=C(O)C(=O)Cc1ccccc1. The van der Waals surface area contributed by atoms with E-state index in [1.54, 1.807) is 24.3 Å². The van der Waals surface area contributed by atoms with Crippen LogP contribution in [0.25, 0.3) is 0 Å². The average Bonchev–Trinajstić information content (AvgIpc) is 2.22. The third kappa shape index (κ3) is 4.37. The normalized spacial score (nSPS) is 8.43. The maximum Gasteiger partial charge on any atom is 0.372 e. The van der Waals surface area contributed by atoms with Crippen molar-refractivity contribution in [3.63, 3.8) is 0 Å². The van der Waals surface area contributed by atoms with Gasteiger partial charge in [-0.3, -0.25) is 4.79 Å². The zero-order valence-corrected chi connectivity index (χ0v) is 7.80. The van der Waals surface area contributed by atoms with Crippen LogP contribution in [0.3, 0.4) is 0 Å². The van der Waals surface area contributed by atoms with Gasteiger partial charge in [-0.15, -0.1) is 0 Å². The first-order valence-electron chi connectivity index (χ1n) is 3.95. The highest BCUT2D eigenvalue weighted by Gasteiger charge is 2.10. The van der Waals surface area contributed by atoms with Crippen molar-refractivity contribution in [2.24, 2.45) is 0 Å². The predicted octanol–water partition coefficient (Wildman–Crippen LogP) is 0.491. The molecule has 0 heterocycles. The van der Waals surface area contributed by atoms with Crippen LogP contribution in [-0.2, 0) is 16.0 Å². The number of aliphatic hydroxyl groups excluding tert-OH is 1. The number of carboxylic acid groups (broad SMARTS) is 1. The standard InChI is InChI=1S/C9H8O3.CH4O/c10-8(9(11)12)6-7-4-2-1-3-5-7;1-2/h1-5H,6H2,(H,11,12);2H,1H3. The molecule has 0 aliphatic rings. The summed E-state index contributed by atoms with van der Waals surface area (Å²) in [5, 5.41) is 15.3. The molecule has 0 bridgehead atoms. The van der Waals surface area contributed by atoms with Crippen LogP contribution in [-0.4, -0.2) is 29.1 Å². The summed E-state index contributed by atoms with van der Waals surface area (Å²) in [6.07, 6.45) is -0.0316. The molecule has 0 aliphatic carbocycles. The minimum Gasteiger partial charge on any atom is -0.475 e. The monoisotopic (exact) mass is 196 g/mol. The number of aliphatic hydroxyl groups is 1. The molecule has 1 rings (SSSR count). The second kappa shape index (κ2) is 6.80. The fourth-order valence-electron chi connectivity index (χ4n) is 0.857. The molecule has 0 saturated heterocycles. The molecule has 0 fully saturated rings. The molecule has 0 aliphatic heterocycles. The summed E-state index contributed by atoms with van der Waals surface area (Å²) >= 11 is 0. The molecule has 1 aromatic carbocycles. The second-order valence-corrected chi connectivity index (χ2v) is 2.39. The molecule has 76 valence electrons. The molecule has 2 N–H and O–H groups in total. The summed E-state index contributed by atoms with van der Waals surface area (Å²) in [7, 11) is 1.00. The number of hydrogen-bond acceptors (Lipinski definition) is 3. The van der Waals surface area contributed by atoms with Crippen molar-refractivity contribution in [3.8, 4) is 0 Å². The second-order valence-electron chi connectivity index (χ2n) is 2.39. The van der Waals surface area contributed by atoms with E-state index >= 15 is 0 Å². The van der Waals surface area contributed by atoms with Crippen LogP contribution < -0.4 is 0 Å². The van der Waals surface area contributed by atoms with Gasteiger partial charge in [-0.1, -0.05) is 30.3 Å². The number of carboxylic acids is 1. The van der Waals surface area contributed by atoms with Gasteiger partial charge in [-0.05, 0) is 5.56 Å². The third-order valence-corrected chi connectivity index (χ3v) is 1.45. The van der Waals surface area contributed by atoms with E-state index < -0.39 is 11.8 Å². The van der Waals surface area contributed by atoms with E-state index in [-0.39, 0.29) is 6.42 Å². The van der Waals surface area contributed by atoms with E-state index in [0.717, 1.165) is 12.7 Å². The molecule has 0 atom stereocenters. The maximum atomic E-state index is 10.7. The highest BCUT2D eigenvalue weighted by atomic mass is 16.4. The lowest BCUT2D eigenvalue weighted by Gasteiger charge is -1.94. The van der Waals surface area contributed by atoms with Gasteiger partial charge in [0.05, 0.1) is 0 Å². The molecule has 1 aromatic rings. The van der Waals surface area contributed by atoms with E-state index in [1.165, 1.54) is 0 Å². The van der Waals surface area contributed by atoms with Crippen molar-refractivity contribution in [1.82, 2.24) is 0 Å². The zero-order chi connectivity index (χ0) is 11.0. The van der Waals surface area contributed by atoms with Crippen molar-refractivity contribution >= 4 is 11.8 Å². The quantitative estimate of drug-likeness (QED) is 0.690. The Morgan fingerprint density at radius 3 is 2.07 bits per heavy atom. The summed E-state index contributed by atoms with van der Waals surface area (Å²) < 4.78 is 0. The number of Topliss-reactive ketones (excluding diaryl/α,β-unsaturated/α-hetero) is 1. The van der Waals surface area contributed by atoms with E-state index in [0.29, 0.717) is 0 Å². The summed E-state index contributed by atoms with van der Waals surface area (Å²) in [4.78, 5) is 20.9. The van der Waals surface area contributed by atoms with Gasteiger partial charge in [0.25, 0.3) is 0 Å². The Bertz CT molecular complexity index is 292. The molecule has 4 heteroatoms. The van der Waals surface area contributed by atoms with Gasteiger partial charge in [0.1, 0.15) is 0 Å². The number of carbonyl (C=O) groups excluding carboxylic acids is 1. The van der Waals surface area contributed by atoms with E-state index in [2.05, 4.69) is 0 Å². The molecular weight excluding hydrogens is 184 g/mol. The highest BCUT2D eigenvalue weighted by molar-refractivity contribution is 6.33. The van der Waals surface area contributed by atoms with E-state index in [9.17, 15) is 9.59 Å². The minimum absolute atomic E-state index is 0.0316. The van der Waals surface area contributed by atoms with Gasteiger partial charge in [0, 0.05) is 13.5 Å². The number of aliphatic carboxylic acids is 1. The first-order valence-corrected chi connectivity index (χ1v) is 3.95. The molecule has 0 saturated carbocycles. The molecule has 0 aromatic heterocycles. The van der Waals surface area contributed by atoms with E-state index in [1.807, 2.05) is 6.07 Å². The number of ketones is 1. The molecule has 0 spiro atoms. The van der Waals surface area contributed by atoms with Gasteiger partial charge in [0.2, 0.25) is 5.78 Å². The maximum absolute atomic E-state index is 10.7. The lowest BCUT2D eigenvalue weighted by Crippen LogP contribution is -2.14. The highest BCUT2D eigenvalue weighted by Crippen LogP contribution is 1.99. The lowest BCUT2D eigenvalue weighted by molar-refractivity contribution is -0.148. The molecule has 0 radical (unpaired) electrons. The topological polar surface area (TPSA) is 74.6 Å². The number of benzene rings is 1. The van der Waals surface area contributed by atoms with Crippen molar-refractivity contribution in [1.29, 1.82) is 0 Å². The Labute approximate surface area is 81.8 Å². The zero-order valence-electron chi connectivity index (χ0n) is 7.80. The van der Waals surface area contributed by atoms with Gasteiger partial charge in [-0.2, -0.15) is 0 Å². The number of rotatable bonds is 3. The summed E-state index contributed by atoms with van der Waals surface area (Å²) in [6.45, 7) is 0. The van der Waals surface area contributed by atoms with Gasteiger partial charge < -0.3 is 10.2 Å². The van der Waals surface area contributed by atoms with Gasteiger partial charge in [0.15, 0.2) is 0 Å². The van der Waals surface area contributed by atoms with Gasteiger partial charge in [-0.25, -0.2) is 4.79 Å². The lowest BCUT2D eigenvalue weighted by atomic mass is 10.1. The van der Waals surface area contributed by atoms with Crippen LogP contribution in [0.15, 0.2) is 30.3 Å². The summed E-state index contributed by atoms with van der Waals surface area (Å²) in [6, 6.07) is 8.80. The van der Waals surface area contributed by atoms with Crippen LogP contribution in [0.2, 0.25) is 0 Å². The minimum atomic E-state index is -1.38. The summed E-state index contributed by atoms with van der Waals surface area (Å²) in [5.41, 5.74) is 0.727. The van der Waals surface area contributed by atoms with Crippen molar-refractivity contribution < 1.29 is 19.8 Å². The molecular formula is C10H12O4. The Morgan fingerprint density at radius 1 is 1.14 bits per heavy atom. The fraction of sp³-hybridized carbons (Fsp3) is 0.200. The molecule has 0 unspecified atom stereocenters. The van der Waals surface area contributed by atoms with Crippen LogP contribution in [0, 0.1) is 0 Å². The fourth-order valence-corrected chi connectivity index (χ4v) is 0.857. The Kier molecular flexibility index (Phi) is 5.98. The number of carbonyl (C=O) groups is 2. The molecule has 14 heavy (non-hydrogen) atoms. The van der Waals surface area contributed by atoms with Crippen LogP contribution >= 0.6 is 0 Å². The van der Waals surface area contributed by atoms with Crippen molar-refractivity contribution in [2.45, 2.75) is 6.42 Å². The Balaban J connectivity index is 0.000000791. The first-order chi connectivity index (χ1) is 6.70. The van der Waals surface area contributed by atoms with Crippen molar-refractivity contribution in [3.05, 3.63) is 35.9 Å². The van der Waals surface area contributed by atoms with Crippen LogP contribution in [0.5, 0.6) is 0 Å². The van der Waals surface area contributed by atoms with E-state index in [4.69, 9.17) is 10.2 Å². The Morgan fingerprint density at radius 2 is 1.64 bits per heavy atom. The van der Waals surface area contributed by atoms with Gasteiger partial charge >= 0.3 is 5.97 Å². The predicted molar refractivity (Wildman–Crippen MR) is 50.9 cm³/mol. The third-order valence-electron chi connectivity index (χ3n) is 1.45. The average molecular weight is 196 g/mol. The number of hydrogen-bond donors (Lipinski definition) is 2. The van der Waals surface area contributed by atoms with Crippen LogP contribution in [0.4, 0.5) is 0 Å².